The van der Waals surface area contributed by atoms with Crippen LogP contribution < -0.4 is 0 Å². The van der Waals surface area contributed by atoms with E-state index in [9.17, 15) is 4.79 Å². The number of nitrogens with zero attached hydrogens (tertiary/aromatic N) is 5. The molecule has 7 nitrogen and oxygen atoms in total. The Kier molecular flexibility index (Phi) is 4.96. The van der Waals surface area contributed by atoms with Crippen molar-refractivity contribution in [3.05, 3.63) is 42.6 Å². The molecule has 1 saturated heterocycles. The number of fused-ring (bicyclic) bond motifs is 1. The first-order chi connectivity index (χ1) is 13.1. The van der Waals surface area contributed by atoms with E-state index in [1.807, 2.05) is 44.7 Å². The van der Waals surface area contributed by atoms with Gasteiger partial charge in [0.1, 0.15) is 11.6 Å². The first-order valence-corrected chi connectivity index (χ1v) is 9.13. The maximum atomic E-state index is 12.4. The summed E-state index contributed by atoms with van der Waals surface area (Å²) in [4.78, 5) is 23.6. The van der Waals surface area contributed by atoms with Crippen molar-refractivity contribution in [3.63, 3.8) is 0 Å². The monoisotopic (exact) mass is 365 g/mol. The number of aromatic nitrogens is 4. The summed E-state index contributed by atoms with van der Waals surface area (Å²) < 4.78 is 7.45. The van der Waals surface area contributed by atoms with Crippen molar-refractivity contribution in [2.24, 2.45) is 7.05 Å². The zero-order valence-electron chi connectivity index (χ0n) is 15.6. The smallest absolute Gasteiger partial charge is 0.143 e. The fourth-order valence-electron chi connectivity index (χ4n) is 3.39. The minimum atomic E-state index is -0.0334. The van der Waals surface area contributed by atoms with Crippen LogP contribution in [0.3, 0.4) is 0 Å². The van der Waals surface area contributed by atoms with Crippen LogP contribution in [0.2, 0.25) is 0 Å². The van der Waals surface area contributed by atoms with Crippen LogP contribution in [0.15, 0.2) is 36.8 Å². The molecule has 0 amide bonds. The highest BCUT2D eigenvalue weighted by molar-refractivity contribution is 5.84. The summed E-state index contributed by atoms with van der Waals surface area (Å²) in [6.45, 7) is 2.38. The Morgan fingerprint density at radius 2 is 2.15 bits per heavy atom. The lowest BCUT2D eigenvalue weighted by atomic mass is 10.1. The number of hydrogen-bond acceptors (Lipinski definition) is 6. The van der Waals surface area contributed by atoms with Gasteiger partial charge in [0.2, 0.25) is 0 Å². The molecule has 0 spiro atoms. The minimum Gasteiger partial charge on any atom is -0.375 e. The second kappa shape index (κ2) is 7.54. The van der Waals surface area contributed by atoms with Gasteiger partial charge in [0.15, 0.2) is 0 Å². The quantitative estimate of drug-likeness (QED) is 0.687. The molecule has 0 N–H and O–H groups in total. The Labute approximate surface area is 158 Å². The second-order valence-corrected chi connectivity index (χ2v) is 7.14. The topological polar surface area (TPSA) is 73.1 Å². The Hall–Kier alpha value is -2.64. The van der Waals surface area contributed by atoms with Gasteiger partial charge in [0, 0.05) is 49.9 Å². The normalized spacial score (nSPS) is 18.1. The number of carbonyl (C=O) groups is 1. The lowest BCUT2D eigenvalue weighted by molar-refractivity contribution is -0.123. The van der Waals surface area contributed by atoms with Gasteiger partial charge in [0.25, 0.3) is 0 Å². The summed E-state index contributed by atoms with van der Waals surface area (Å²) in [5.41, 5.74) is 2.92. The van der Waals surface area contributed by atoms with E-state index in [0.717, 1.165) is 35.1 Å². The Bertz CT molecular complexity index is 968. The third-order valence-electron chi connectivity index (χ3n) is 4.82. The maximum absolute atomic E-state index is 12.4. The van der Waals surface area contributed by atoms with Crippen LogP contribution in [0.5, 0.6) is 0 Å². The van der Waals surface area contributed by atoms with Gasteiger partial charge in [-0.25, -0.2) is 9.97 Å². The number of benzene rings is 1. The van der Waals surface area contributed by atoms with Crippen molar-refractivity contribution in [1.82, 2.24) is 24.6 Å². The minimum absolute atomic E-state index is 0.0334. The van der Waals surface area contributed by atoms with Crippen molar-refractivity contribution in [3.8, 4) is 11.1 Å². The molecule has 0 bridgehead atoms. The number of morpholine rings is 1. The molecular formula is C20H23N5O2. The summed E-state index contributed by atoms with van der Waals surface area (Å²) in [5, 5.41) is 5.17. The Balaban J connectivity index is 1.49. The van der Waals surface area contributed by atoms with Crippen LogP contribution >= 0.6 is 0 Å². The molecule has 1 aromatic carbocycles. The fraction of sp³-hybridized carbons (Fsp3) is 0.400. The van der Waals surface area contributed by atoms with Gasteiger partial charge < -0.3 is 9.64 Å². The van der Waals surface area contributed by atoms with Gasteiger partial charge in [-0.05, 0) is 18.7 Å². The molecule has 0 radical (unpaired) electrons. The fourth-order valence-corrected chi connectivity index (χ4v) is 3.39. The molecule has 3 heterocycles. The van der Waals surface area contributed by atoms with Crippen LogP contribution in [0.1, 0.15) is 12.2 Å². The van der Waals surface area contributed by atoms with E-state index in [1.165, 1.54) is 0 Å². The highest BCUT2D eigenvalue weighted by atomic mass is 16.5. The van der Waals surface area contributed by atoms with Crippen LogP contribution in [0, 0.1) is 0 Å². The van der Waals surface area contributed by atoms with Crippen molar-refractivity contribution in [1.29, 1.82) is 0 Å². The highest BCUT2D eigenvalue weighted by Crippen LogP contribution is 2.23. The summed E-state index contributed by atoms with van der Waals surface area (Å²) >= 11 is 0. The molecule has 1 unspecified atom stereocenters. The third kappa shape index (κ3) is 4.20. The molecule has 0 saturated carbocycles. The third-order valence-corrected chi connectivity index (χ3v) is 4.82. The van der Waals surface area contributed by atoms with Crippen LogP contribution in [-0.2, 0) is 23.0 Å². The average molecular weight is 365 g/mol. The van der Waals surface area contributed by atoms with Crippen LogP contribution in [0.25, 0.3) is 22.0 Å². The second-order valence-electron chi connectivity index (χ2n) is 7.14. The Morgan fingerprint density at radius 3 is 2.93 bits per heavy atom. The molecule has 0 aliphatic carbocycles. The highest BCUT2D eigenvalue weighted by Gasteiger charge is 2.21. The zero-order valence-corrected chi connectivity index (χ0v) is 15.6. The number of carbonyl (C=O) groups excluding carboxylic acids is 1. The van der Waals surface area contributed by atoms with Crippen LogP contribution in [-0.4, -0.2) is 63.3 Å². The molecule has 7 heteroatoms. The SMILES string of the molecule is CN1CCOC(CC(=O)Cc2ncc3ccc(-c4cnn(C)c4)cc3n2)C1. The molecule has 140 valence electrons. The molecule has 1 aliphatic rings. The van der Waals surface area contributed by atoms with E-state index in [2.05, 4.69) is 20.0 Å². The van der Waals surface area contributed by atoms with Crippen molar-refractivity contribution in [2.75, 3.05) is 26.7 Å². The van der Waals surface area contributed by atoms with Crippen molar-refractivity contribution < 1.29 is 9.53 Å². The number of rotatable bonds is 5. The number of hydrogen-bond donors (Lipinski definition) is 0. The maximum Gasteiger partial charge on any atom is 0.143 e. The number of likely N-dealkylation sites (N-methyl/N-ethyl adjacent to an activating group) is 1. The number of ether oxygens (including phenoxy) is 1. The molecule has 3 aromatic rings. The summed E-state index contributed by atoms with van der Waals surface area (Å²) in [5.74, 6) is 0.665. The first-order valence-electron chi connectivity index (χ1n) is 9.13. The van der Waals surface area contributed by atoms with E-state index < -0.39 is 0 Å². The molecule has 1 fully saturated rings. The van der Waals surface area contributed by atoms with E-state index >= 15 is 0 Å². The molecule has 27 heavy (non-hydrogen) atoms. The van der Waals surface area contributed by atoms with Crippen molar-refractivity contribution in [2.45, 2.75) is 18.9 Å². The molecule has 1 aliphatic heterocycles. The molecular weight excluding hydrogens is 342 g/mol. The van der Waals surface area contributed by atoms with E-state index in [0.29, 0.717) is 18.9 Å². The zero-order chi connectivity index (χ0) is 18.8. The molecule has 1 atom stereocenters. The Morgan fingerprint density at radius 1 is 1.26 bits per heavy atom. The molecule has 2 aromatic heterocycles. The lowest BCUT2D eigenvalue weighted by Crippen LogP contribution is -2.41. The first kappa shape index (κ1) is 17.8. The van der Waals surface area contributed by atoms with Gasteiger partial charge in [-0.2, -0.15) is 5.10 Å². The number of aryl methyl sites for hydroxylation is 1. The van der Waals surface area contributed by atoms with Gasteiger partial charge in [0.05, 0.1) is 30.8 Å². The van der Waals surface area contributed by atoms with Gasteiger partial charge in [-0.3, -0.25) is 9.48 Å². The van der Waals surface area contributed by atoms with E-state index in [4.69, 9.17) is 4.74 Å². The van der Waals surface area contributed by atoms with Gasteiger partial charge >= 0.3 is 0 Å². The molecule has 4 rings (SSSR count). The largest absolute Gasteiger partial charge is 0.375 e. The predicted octanol–water partition coefficient (Wildman–Crippen LogP) is 1.86. The standard InChI is InChI=1S/C20H23N5O2/c1-24-5-6-27-18(13-24)8-17(26)9-20-21-10-15-4-3-14(7-19(15)23-20)16-11-22-25(2)12-16/h3-4,7,10-12,18H,5-6,8-9,13H2,1-2H3. The van der Waals surface area contributed by atoms with Gasteiger partial charge in [-0.1, -0.05) is 12.1 Å². The summed E-state index contributed by atoms with van der Waals surface area (Å²) in [7, 11) is 3.94. The summed E-state index contributed by atoms with van der Waals surface area (Å²) in [6, 6.07) is 6.04. The van der Waals surface area contributed by atoms with Crippen molar-refractivity contribution >= 4 is 16.7 Å². The number of ketones is 1. The van der Waals surface area contributed by atoms with E-state index in [-0.39, 0.29) is 18.3 Å². The average Bonchev–Trinajstić information content (AvgIpc) is 3.07. The predicted molar refractivity (Wildman–Crippen MR) is 102 cm³/mol. The van der Waals surface area contributed by atoms with E-state index in [1.54, 1.807) is 10.9 Å². The van der Waals surface area contributed by atoms with Crippen LogP contribution in [0.4, 0.5) is 0 Å². The summed E-state index contributed by atoms with van der Waals surface area (Å²) in [6.07, 6.45) is 6.18. The number of Topliss-reactive ketones (excluding diaryl/α,β-unsaturated/α-hetero) is 1. The lowest BCUT2D eigenvalue weighted by Gasteiger charge is -2.29. The van der Waals surface area contributed by atoms with Gasteiger partial charge in [-0.15, -0.1) is 0 Å².